The Morgan fingerprint density at radius 1 is 1.05 bits per heavy atom. The maximum atomic E-state index is 12.8. The van der Waals surface area contributed by atoms with E-state index in [2.05, 4.69) is 0 Å². The van der Waals surface area contributed by atoms with Crippen molar-refractivity contribution < 1.29 is 9.13 Å². The molecule has 3 rings (SSSR count). The van der Waals surface area contributed by atoms with Crippen molar-refractivity contribution in [2.45, 2.75) is 6.54 Å². The third-order valence-corrected chi connectivity index (χ3v) is 3.50. The van der Waals surface area contributed by atoms with Gasteiger partial charge in [-0.3, -0.25) is 5.41 Å². The summed E-state index contributed by atoms with van der Waals surface area (Å²) in [6.45, 7) is 0.994. The van der Waals surface area contributed by atoms with Crippen LogP contribution in [0.15, 0.2) is 48.5 Å². The van der Waals surface area contributed by atoms with Crippen molar-refractivity contribution in [2.75, 3.05) is 6.61 Å². The van der Waals surface area contributed by atoms with Gasteiger partial charge in [0.2, 0.25) is 5.62 Å². The molecule has 0 aliphatic carbocycles. The van der Waals surface area contributed by atoms with Crippen molar-refractivity contribution in [2.24, 2.45) is 7.05 Å². The van der Waals surface area contributed by atoms with E-state index in [0.29, 0.717) is 24.5 Å². The van der Waals surface area contributed by atoms with E-state index in [9.17, 15) is 4.39 Å². The summed E-state index contributed by atoms with van der Waals surface area (Å²) in [5.41, 5.74) is 2.45. The lowest BCUT2D eigenvalue weighted by molar-refractivity contribution is 0.296. The molecule has 116 valence electrons. The van der Waals surface area contributed by atoms with Crippen LogP contribution in [0.5, 0.6) is 5.75 Å². The highest BCUT2D eigenvalue weighted by molar-refractivity contribution is 14.0. The molecule has 2 aromatic carbocycles. The zero-order chi connectivity index (χ0) is 14.8. The molecule has 6 heteroatoms. The van der Waals surface area contributed by atoms with Crippen LogP contribution in [0, 0.1) is 11.2 Å². The maximum Gasteiger partial charge on any atom is 0.202 e. The minimum atomic E-state index is -0.278. The number of nitrogens with zero attached hydrogens (tertiary/aromatic N) is 2. The molecule has 0 saturated carbocycles. The summed E-state index contributed by atoms with van der Waals surface area (Å²) in [4.78, 5) is 0. The number of rotatable bonds is 4. The molecule has 1 N–H and O–H groups in total. The number of aromatic nitrogens is 2. The smallest absolute Gasteiger partial charge is 0.202 e. The van der Waals surface area contributed by atoms with Gasteiger partial charge in [-0.2, -0.15) is 0 Å². The van der Waals surface area contributed by atoms with Crippen LogP contribution in [0.1, 0.15) is 0 Å². The fraction of sp³-hybridized carbons (Fsp3) is 0.188. The summed E-state index contributed by atoms with van der Waals surface area (Å²) < 4.78 is 22.2. The predicted molar refractivity (Wildman–Crippen MR) is 94.1 cm³/mol. The zero-order valence-corrected chi connectivity index (χ0v) is 14.5. The molecule has 0 fully saturated rings. The molecule has 4 nitrogen and oxygen atoms in total. The van der Waals surface area contributed by atoms with E-state index in [0.717, 1.165) is 11.0 Å². The molecule has 0 saturated heterocycles. The van der Waals surface area contributed by atoms with Crippen LogP contribution in [0.25, 0.3) is 11.0 Å². The van der Waals surface area contributed by atoms with Gasteiger partial charge in [-0.25, -0.2) is 4.39 Å². The number of fused-ring (bicyclic) bond motifs is 1. The third kappa shape index (κ3) is 3.16. The third-order valence-electron chi connectivity index (χ3n) is 3.50. The lowest BCUT2D eigenvalue weighted by Crippen LogP contribution is -2.24. The van der Waals surface area contributed by atoms with Crippen LogP contribution < -0.4 is 10.4 Å². The van der Waals surface area contributed by atoms with Gasteiger partial charge in [0.25, 0.3) is 0 Å². The number of nitrogens with one attached hydrogen (secondary N) is 1. The Morgan fingerprint density at radius 3 is 2.36 bits per heavy atom. The van der Waals surface area contributed by atoms with Gasteiger partial charge >= 0.3 is 0 Å². The number of para-hydroxylation sites is 2. The molecule has 0 amide bonds. The summed E-state index contributed by atoms with van der Waals surface area (Å²) in [5.74, 6) is 0.350. The summed E-state index contributed by atoms with van der Waals surface area (Å²) in [5, 5.41) is 8.16. The fourth-order valence-corrected chi connectivity index (χ4v) is 2.40. The summed E-state index contributed by atoms with van der Waals surface area (Å²) in [7, 11) is 1.88. The van der Waals surface area contributed by atoms with Crippen molar-refractivity contribution >= 4 is 35.0 Å². The number of hydrogen-bond acceptors (Lipinski definition) is 2. The van der Waals surface area contributed by atoms with Crippen LogP contribution in [0.4, 0.5) is 4.39 Å². The van der Waals surface area contributed by atoms with Gasteiger partial charge in [0, 0.05) is 7.05 Å². The van der Waals surface area contributed by atoms with Crippen LogP contribution in [0.3, 0.4) is 0 Å². The van der Waals surface area contributed by atoms with E-state index >= 15 is 0 Å². The van der Waals surface area contributed by atoms with Gasteiger partial charge in [0.05, 0.1) is 17.6 Å². The Hall–Kier alpha value is -1.83. The molecule has 1 aromatic heterocycles. The molecule has 22 heavy (non-hydrogen) atoms. The number of halogens is 2. The van der Waals surface area contributed by atoms with Gasteiger partial charge in [-0.05, 0) is 36.4 Å². The second-order valence-corrected chi connectivity index (χ2v) is 4.83. The molecule has 0 radical (unpaired) electrons. The lowest BCUT2D eigenvalue weighted by atomic mass is 10.3. The number of imidazole rings is 1. The van der Waals surface area contributed by atoms with Crippen molar-refractivity contribution in [1.29, 1.82) is 5.41 Å². The van der Waals surface area contributed by atoms with Gasteiger partial charge < -0.3 is 13.9 Å². The lowest BCUT2D eigenvalue weighted by Gasteiger charge is -2.07. The number of ether oxygens (including phenoxy) is 1. The Kier molecular flexibility index (Phi) is 5.23. The number of hydrogen-bond donors (Lipinski definition) is 1. The van der Waals surface area contributed by atoms with E-state index in [1.54, 1.807) is 12.1 Å². The second-order valence-electron chi connectivity index (χ2n) is 4.83. The molecule has 3 aromatic rings. The Bertz CT molecular complexity index is 824. The summed E-state index contributed by atoms with van der Waals surface area (Å²) in [6.07, 6.45) is 0. The minimum absolute atomic E-state index is 0. The average Bonchev–Trinajstić information content (AvgIpc) is 2.75. The average molecular weight is 413 g/mol. The summed E-state index contributed by atoms with van der Waals surface area (Å²) >= 11 is 0. The standard InChI is InChI=1S/C16H16FN3O.HI/c1-19-14-4-2-3-5-15(14)20(16(19)18)10-11-21-13-8-6-12(17)7-9-13;/h2-9,18H,10-11H2,1H3;1H. The van der Waals surface area contributed by atoms with Crippen LogP contribution in [0.2, 0.25) is 0 Å². The molecule has 0 aliphatic heterocycles. The van der Waals surface area contributed by atoms with Crippen LogP contribution >= 0.6 is 24.0 Å². The minimum Gasteiger partial charge on any atom is -0.492 e. The van der Waals surface area contributed by atoms with E-state index in [1.165, 1.54) is 12.1 Å². The van der Waals surface area contributed by atoms with Crippen molar-refractivity contribution in [1.82, 2.24) is 9.13 Å². The highest BCUT2D eigenvalue weighted by Gasteiger charge is 2.07. The van der Waals surface area contributed by atoms with Crippen molar-refractivity contribution in [3.63, 3.8) is 0 Å². The fourth-order valence-electron chi connectivity index (χ4n) is 2.40. The van der Waals surface area contributed by atoms with E-state index < -0.39 is 0 Å². The van der Waals surface area contributed by atoms with Gasteiger partial charge in [-0.1, -0.05) is 12.1 Å². The van der Waals surface area contributed by atoms with Crippen molar-refractivity contribution in [3.05, 3.63) is 60.0 Å². The van der Waals surface area contributed by atoms with Gasteiger partial charge in [0.1, 0.15) is 18.2 Å². The van der Waals surface area contributed by atoms with Gasteiger partial charge in [-0.15, -0.1) is 24.0 Å². The quantitative estimate of drug-likeness (QED) is 0.656. The normalized spacial score (nSPS) is 10.5. The summed E-state index contributed by atoms with van der Waals surface area (Å²) in [6, 6.07) is 13.8. The predicted octanol–water partition coefficient (Wildman–Crippen LogP) is 3.30. The first-order chi connectivity index (χ1) is 10.2. The number of benzene rings is 2. The molecule has 0 spiro atoms. The van der Waals surface area contributed by atoms with Crippen molar-refractivity contribution in [3.8, 4) is 5.75 Å². The Morgan fingerprint density at radius 2 is 1.68 bits per heavy atom. The molecular weight excluding hydrogens is 396 g/mol. The zero-order valence-electron chi connectivity index (χ0n) is 12.1. The Labute approximate surface area is 144 Å². The second kappa shape index (κ2) is 6.95. The topological polar surface area (TPSA) is 42.9 Å². The molecule has 0 atom stereocenters. The molecule has 0 bridgehead atoms. The van der Waals surface area contributed by atoms with E-state index in [1.807, 2.05) is 40.4 Å². The van der Waals surface area contributed by atoms with E-state index in [-0.39, 0.29) is 29.8 Å². The van der Waals surface area contributed by atoms with Crippen LogP contribution in [-0.4, -0.2) is 15.7 Å². The number of aryl methyl sites for hydroxylation is 1. The highest BCUT2D eigenvalue weighted by Crippen LogP contribution is 2.13. The Balaban J connectivity index is 0.00000176. The van der Waals surface area contributed by atoms with Gasteiger partial charge in [0.15, 0.2) is 0 Å². The van der Waals surface area contributed by atoms with Crippen LogP contribution in [-0.2, 0) is 13.6 Å². The first kappa shape index (κ1) is 16.5. The molecular formula is C16H17FIN3O. The molecule has 0 aliphatic rings. The highest BCUT2D eigenvalue weighted by atomic mass is 127. The maximum absolute atomic E-state index is 12.8. The SMILES string of the molecule is Cn1c(=N)n(CCOc2ccc(F)cc2)c2ccccc21.I. The monoisotopic (exact) mass is 413 g/mol. The molecule has 1 heterocycles. The van der Waals surface area contributed by atoms with E-state index in [4.69, 9.17) is 10.1 Å². The first-order valence-electron chi connectivity index (χ1n) is 6.74. The largest absolute Gasteiger partial charge is 0.492 e. The molecule has 0 unspecified atom stereocenters. The first-order valence-corrected chi connectivity index (χ1v) is 6.74.